The highest BCUT2D eigenvalue weighted by Crippen LogP contribution is 2.86. The maximum absolute atomic E-state index is 10.9. The van der Waals surface area contributed by atoms with Gasteiger partial charge in [-0.05, 0) is 0 Å². The largest absolute Gasteiger partial charge is 0.451 e. The minimum Gasteiger partial charge on any atom is -0.451 e. The van der Waals surface area contributed by atoms with Crippen LogP contribution in [0, 0.1) is 10.8 Å². The Labute approximate surface area is 126 Å². The molecule has 0 amide bonds. The molecule has 3 aliphatic rings. The maximum atomic E-state index is 10.9. The van der Waals surface area contributed by atoms with E-state index in [4.69, 9.17) is 16.3 Å². The van der Waals surface area contributed by atoms with E-state index in [0.29, 0.717) is 0 Å². The van der Waals surface area contributed by atoms with Crippen LogP contribution in [0.25, 0.3) is 0 Å². The normalized spacial score (nSPS) is 55.2. The molecular weight excluding hydrogens is 304 g/mol. The lowest BCUT2D eigenvalue weighted by Gasteiger charge is -2.36. The highest BCUT2D eigenvalue weighted by molar-refractivity contribution is 6.61. The lowest BCUT2D eigenvalue weighted by atomic mass is 9.93. The van der Waals surface area contributed by atoms with Crippen LogP contribution in [0.5, 0.6) is 0 Å². The number of ether oxygens (including phenoxy) is 2. The third kappa shape index (κ3) is 1.08. The van der Waals surface area contributed by atoms with Crippen LogP contribution in [0.4, 0.5) is 4.79 Å². The minimum absolute atomic E-state index is 0.445. The summed E-state index contributed by atoms with van der Waals surface area (Å²) < 4.78 is 10.1. The van der Waals surface area contributed by atoms with Crippen molar-refractivity contribution in [3.8, 4) is 0 Å². The first-order valence-corrected chi connectivity index (χ1v) is 7.05. The second kappa shape index (κ2) is 3.39. The van der Waals surface area contributed by atoms with Crippen LogP contribution in [0.3, 0.4) is 0 Å². The SMILES string of the molecule is CC1(C)C2(O)O[C@H](COC(=O)Cl)[C@@]3(O)C(C)(C)[C@@]3(O)[C@]12O. The summed E-state index contributed by atoms with van der Waals surface area (Å²) >= 11 is 5.10. The predicted octanol–water partition coefficient (Wildman–Crippen LogP) is -0.278. The molecule has 0 radical (unpaired) electrons. The van der Waals surface area contributed by atoms with Crippen molar-refractivity contribution in [2.24, 2.45) is 10.8 Å². The monoisotopic (exact) mass is 322 g/mol. The third-order valence-corrected chi connectivity index (χ3v) is 6.29. The Morgan fingerprint density at radius 1 is 1.10 bits per heavy atom. The summed E-state index contributed by atoms with van der Waals surface area (Å²) in [5, 5.41) is 43.1. The summed E-state index contributed by atoms with van der Waals surface area (Å²) in [4.78, 5) is 10.7. The Balaban J connectivity index is 2.05. The van der Waals surface area contributed by atoms with E-state index in [9.17, 15) is 25.2 Å². The van der Waals surface area contributed by atoms with Gasteiger partial charge in [-0.25, -0.2) is 4.79 Å². The number of carbonyl (C=O) groups is 1. The second-order valence-electron chi connectivity index (χ2n) is 7.24. The van der Waals surface area contributed by atoms with Gasteiger partial charge in [0.15, 0.2) is 5.60 Å². The molecule has 1 saturated heterocycles. The van der Waals surface area contributed by atoms with E-state index in [1.165, 1.54) is 13.8 Å². The van der Waals surface area contributed by atoms with Gasteiger partial charge in [-0.2, -0.15) is 0 Å². The van der Waals surface area contributed by atoms with E-state index in [2.05, 4.69) is 4.74 Å². The molecule has 0 aromatic carbocycles. The van der Waals surface area contributed by atoms with Crippen molar-refractivity contribution in [1.29, 1.82) is 0 Å². The molecule has 21 heavy (non-hydrogen) atoms. The van der Waals surface area contributed by atoms with Crippen molar-refractivity contribution in [1.82, 2.24) is 0 Å². The molecule has 0 aromatic rings. The predicted molar refractivity (Wildman–Crippen MR) is 69.4 cm³/mol. The van der Waals surface area contributed by atoms with E-state index in [1.807, 2.05) is 0 Å². The summed E-state index contributed by atoms with van der Waals surface area (Å²) in [6.07, 6.45) is -1.22. The molecule has 1 aliphatic heterocycles. The van der Waals surface area contributed by atoms with Crippen LogP contribution in [-0.2, 0) is 9.47 Å². The lowest BCUT2D eigenvalue weighted by Crippen LogP contribution is -2.58. The Kier molecular flexibility index (Phi) is 2.50. The molecule has 2 saturated carbocycles. The summed E-state index contributed by atoms with van der Waals surface area (Å²) in [5.74, 6) is -2.04. The zero-order valence-corrected chi connectivity index (χ0v) is 12.9. The van der Waals surface area contributed by atoms with E-state index >= 15 is 0 Å². The fourth-order valence-corrected chi connectivity index (χ4v) is 4.60. The zero-order chi connectivity index (χ0) is 16.3. The van der Waals surface area contributed by atoms with Crippen LogP contribution in [0.1, 0.15) is 27.7 Å². The van der Waals surface area contributed by atoms with Crippen molar-refractivity contribution in [3.63, 3.8) is 0 Å². The van der Waals surface area contributed by atoms with Gasteiger partial charge in [0.1, 0.15) is 23.9 Å². The Hall–Kier alpha value is -0.440. The minimum atomic E-state index is -2.04. The van der Waals surface area contributed by atoms with Gasteiger partial charge >= 0.3 is 5.43 Å². The maximum Gasteiger partial charge on any atom is 0.403 e. The molecule has 4 N–H and O–H groups in total. The quantitative estimate of drug-likeness (QED) is 0.517. The summed E-state index contributed by atoms with van der Waals surface area (Å²) in [5.41, 5.74) is -9.35. The van der Waals surface area contributed by atoms with Gasteiger partial charge in [-0.3, -0.25) is 0 Å². The van der Waals surface area contributed by atoms with Crippen molar-refractivity contribution >= 4 is 17.0 Å². The Morgan fingerprint density at radius 3 is 2.10 bits per heavy atom. The molecule has 8 heteroatoms. The molecule has 0 aromatic heterocycles. The first kappa shape index (κ1) is 15.5. The number of carbonyl (C=O) groups excluding carboxylic acids is 1. The molecule has 0 bridgehead atoms. The van der Waals surface area contributed by atoms with E-state index in [1.54, 1.807) is 13.8 Å². The third-order valence-electron chi connectivity index (χ3n) is 6.18. The highest BCUT2D eigenvalue weighted by Gasteiger charge is 3.08. The molecule has 1 unspecified atom stereocenters. The van der Waals surface area contributed by atoms with E-state index in [-0.39, 0.29) is 0 Å². The van der Waals surface area contributed by atoms with Crippen LogP contribution in [-0.4, -0.2) is 61.2 Å². The van der Waals surface area contributed by atoms with E-state index < -0.39 is 51.6 Å². The number of aliphatic hydroxyl groups is 4. The Bertz CT molecular complexity index is 549. The van der Waals surface area contributed by atoms with Gasteiger partial charge in [-0.15, -0.1) is 0 Å². The van der Waals surface area contributed by atoms with Crippen molar-refractivity contribution in [2.75, 3.05) is 6.61 Å². The average molecular weight is 323 g/mol. The Morgan fingerprint density at radius 2 is 1.62 bits per heavy atom. The topological polar surface area (TPSA) is 116 Å². The first-order chi connectivity index (χ1) is 9.27. The average Bonchev–Trinajstić information content (AvgIpc) is 2.90. The van der Waals surface area contributed by atoms with Crippen LogP contribution in [0.15, 0.2) is 0 Å². The second-order valence-corrected chi connectivity index (χ2v) is 7.54. The fraction of sp³-hybridized carbons (Fsp3) is 0.923. The molecule has 5 atom stereocenters. The summed E-state index contributed by atoms with van der Waals surface area (Å²) in [6.45, 7) is 5.69. The number of fused-ring (bicyclic) bond motifs is 3. The lowest BCUT2D eigenvalue weighted by molar-refractivity contribution is -0.290. The molecule has 1 heterocycles. The van der Waals surface area contributed by atoms with Crippen molar-refractivity contribution in [3.05, 3.63) is 0 Å². The highest BCUT2D eigenvalue weighted by atomic mass is 35.5. The summed E-state index contributed by atoms with van der Waals surface area (Å²) in [6, 6.07) is 0. The van der Waals surface area contributed by atoms with Gasteiger partial charge in [0.25, 0.3) is 0 Å². The molecule has 7 nitrogen and oxygen atoms in total. The fourth-order valence-electron chi connectivity index (χ4n) is 4.53. The van der Waals surface area contributed by atoms with E-state index in [0.717, 1.165) is 0 Å². The molecule has 0 spiro atoms. The van der Waals surface area contributed by atoms with Gasteiger partial charge in [-0.1, -0.05) is 27.7 Å². The van der Waals surface area contributed by atoms with Crippen molar-refractivity contribution in [2.45, 2.75) is 56.4 Å². The molecule has 3 rings (SSSR count). The van der Waals surface area contributed by atoms with Gasteiger partial charge < -0.3 is 29.9 Å². The van der Waals surface area contributed by atoms with Crippen LogP contribution in [0.2, 0.25) is 0 Å². The number of rotatable bonds is 2. The van der Waals surface area contributed by atoms with Gasteiger partial charge in [0.2, 0.25) is 5.79 Å². The number of hydrogen-bond acceptors (Lipinski definition) is 7. The summed E-state index contributed by atoms with van der Waals surface area (Å²) in [7, 11) is 0. The molecular formula is C13H19ClO7. The zero-order valence-electron chi connectivity index (χ0n) is 12.2. The van der Waals surface area contributed by atoms with Gasteiger partial charge in [0.05, 0.1) is 5.41 Å². The smallest absolute Gasteiger partial charge is 0.403 e. The molecule has 2 aliphatic carbocycles. The van der Waals surface area contributed by atoms with Crippen molar-refractivity contribution < 1.29 is 34.7 Å². The standard InChI is InChI=1S/C13H19ClO7/c1-8(2)10(16)6(5-20-7(14)15)21-13(19)9(3,4)12(13,18)11(8,10)17/h6,16-19H,5H2,1-4H3/t6-,10-,11+,12-,13?/m1/s1. The first-order valence-electron chi connectivity index (χ1n) is 6.67. The molecule has 120 valence electrons. The van der Waals surface area contributed by atoms with Crippen LogP contribution < -0.4 is 0 Å². The number of hydrogen-bond donors (Lipinski definition) is 4. The van der Waals surface area contributed by atoms with Crippen LogP contribution >= 0.6 is 11.6 Å². The van der Waals surface area contributed by atoms with Gasteiger partial charge in [0, 0.05) is 17.0 Å². The number of halogens is 1. The molecule has 3 fully saturated rings.